The number of carbonyl (C=O) groups is 1. The zero-order chi connectivity index (χ0) is 14.9. The van der Waals surface area contributed by atoms with Gasteiger partial charge in [-0.1, -0.05) is 5.16 Å². The van der Waals surface area contributed by atoms with Gasteiger partial charge >= 0.3 is 0 Å². The molecular weight excluding hydrogens is 284 g/mol. The summed E-state index contributed by atoms with van der Waals surface area (Å²) in [6, 6.07) is 1.72. The second-order valence-corrected chi connectivity index (χ2v) is 5.74. The summed E-state index contributed by atoms with van der Waals surface area (Å²) >= 11 is 0. The summed E-state index contributed by atoms with van der Waals surface area (Å²) in [5.41, 5.74) is 2.35. The molecule has 0 saturated carbocycles. The van der Waals surface area contributed by atoms with Crippen LogP contribution in [-0.2, 0) is 17.6 Å². The minimum atomic E-state index is -0.153. The van der Waals surface area contributed by atoms with Gasteiger partial charge in [0.15, 0.2) is 5.69 Å². The van der Waals surface area contributed by atoms with E-state index in [1.807, 2.05) is 11.0 Å². The van der Waals surface area contributed by atoms with Gasteiger partial charge in [0.1, 0.15) is 5.76 Å². The molecule has 3 heterocycles. The fourth-order valence-corrected chi connectivity index (χ4v) is 3.25. The van der Waals surface area contributed by atoms with Crippen molar-refractivity contribution in [3.05, 3.63) is 35.0 Å². The van der Waals surface area contributed by atoms with Crippen molar-refractivity contribution in [1.29, 1.82) is 0 Å². The van der Waals surface area contributed by atoms with Crippen molar-refractivity contribution in [3.8, 4) is 0 Å². The molecule has 1 N–H and O–H groups in total. The van der Waals surface area contributed by atoms with E-state index in [0.717, 1.165) is 42.7 Å². The molecule has 1 amide bonds. The average Bonchev–Trinajstić information content (AvgIpc) is 3.24. The van der Waals surface area contributed by atoms with Crippen molar-refractivity contribution in [1.82, 2.24) is 20.3 Å². The lowest BCUT2D eigenvalue weighted by Gasteiger charge is -2.34. The van der Waals surface area contributed by atoms with E-state index in [9.17, 15) is 4.79 Å². The number of amides is 1. The molecule has 2 aromatic rings. The Bertz CT molecular complexity index is 664. The van der Waals surface area contributed by atoms with E-state index in [1.54, 1.807) is 6.20 Å². The zero-order valence-electron chi connectivity index (χ0n) is 12.2. The molecule has 7 heteroatoms. The van der Waals surface area contributed by atoms with Gasteiger partial charge < -0.3 is 14.2 Å². The minimum Gasteiger partial charge on any atom is -0.377 e. The number of morpholine rings is 1. The maximum Gasteiger partial charge on any atom is 0.277 e. The number of rotatable bonds is 2. The number of nitrogens with one attached hydrogen (secondary N) is 1. The van der Waals surface area contributed by atoms with Crippen LogP contribution in [0.25, 0.3) is 0 Å². The number of aromatic amines is 1. The molecular formula is C15H18N4O3. The Labute approximate surface area is 127 Å². The first-order chi connectivity index (χ1) is 10.8. The molecule has 1 aliphatic carbocycles. The molecule has 1 aliphatic heterocycles. The standard InChI is InChI=1S/C15H18N4O3/c20-15(14-10-3-1-2-4-13(10)22-18-14)19-7-8-21-9-12(19)11-5-6-16-17-11/h5-6,12H,1-4,7-9H2,(H,16,17). The number of aromatic nitrogens is 3. The monoisotopic (exact) mass is 302 g/mol. The van der Waals surface area contributed by atoms with Crippen molar-refractivity contribution < 1.29 is 14.1 Å². The molecule has 22 heavy (non-hydrogen) atoms. The molecule has 0 radical (unpaired) electrons. The van der Waals surface area contributed by atoms with Crippen molar-refractivity contribution >= 4 is 5.91 Å². The number of hydrogen-bond donors (Lipinski definition) is 1. The Morgan fingerprint density at radius 2 is 2.27 bits per heavy atom. The molecule has 4 rings (SSSR count). The number of ether oxygens (including phenoxy) is 1. The molecule has 0 bridgehead atoms. The van der Waals surface area contributed by atoms with Crippen molar-refractivity contribution in [3.63, 3.8) is 0 Å². The Morgan fingerprint density at radius 3 is 3.14 bits per heavy atom. The van der Waals surface area contributed by atoms with E-state index in [-0.39, 0.29) is 11.9 Å². The molecule has 1 unspecified atom stereocenters. The summed E-state index contributed by atoms with van der Waals surface area (Å²) in [7, 11) is 0. The number of aryl methyl sites for hydroxylation is 1. The maximum absolute atomic E-state index is 13.0. The van der Waals surface area contributed by atoms with Crippen LogP contribution in [0.15, 0.2) is 16.8 Å². The molecule has 116 valence electrons. The maximum atomic E-state index is 13.0. The van der Waals surface area contributed by atoms with Gasteiger partial charge in [0, 0.05) is 24.7 Å². The van der Waals surface area contributed by atoms with Gasteiger partial charge in [0.05, 0.1) is 24.9 Å². The van der Waals surface area contributed by atoms with Crippen LogP contribution in [-0.4, -0.2) is 45.9 Å². The fourth-order valence-electron chi connectivity index (χ4n) is 3.25. The van der Waals surface area contributed by atoms with E-state index in [0.29, 0.717) is 25.5 Å². The van der Waals surface area contributed by atoms with Crippen LogP contribution in [0.2, 0.25) is 0 Å². The molecule has 0 spiro atoms. The van der Waals surface area contributed by atoms with Gasteiger partial charge in [-0.15, -0.1) is 0 Å². The highest BCUT2D eigenvalue weighted by atomic mass is 16.5. The van der Waals surface area contributed by atoms with Crippen LogP contribution in [0, 0.1) is 0 Å². The average molecular weight is 302 g/mol. The zero-order valence-corrected chi connectivity index (χ0v) is 12.2. The lowest BCUT2D eigenvalue weighted by Crippen LogP contribution is -2.44. The van der Waals surface area contributed by atoms with E-state index in [2.05, 4.69) is 15.4 Å². The Hall–Kier alpha value is -2.15. The smallest absolute Gasteiger partial charge is 0.277 e. The third kappa shape index (κ3) is 2.21. The first-order valence-corrected chi connectivity index (χ1v) is 7.70. The number of carbonyl (C=O) groups excluding carboxylic acids is 1. The topological polar surface area (TPSA) is 84.2 Å². The van der Waals surface area contributed by atoms with Gasteiger partial charge in [-0.05, 0) is 25.3 Å². The third-order valence-electron chi connectivity index (χ3n) is 4.42. The summed E-state index contributed by atoms with van der Waals surface area (Å²) in [5, 5.41) is 11.0. The molecule has 1 fully saturated rings. The van der Waals surface area contributed by atoms with Crippen LogP contribution < -0.4 is 0 Å². The van der Waals surface area contributed by atoms with Crippen LogP contribution >= 0.6 is 0 Å². The second kappa shape index (κ2) is 5.57. The van der Waals surface area contributed by atoms with Crippen LogP contribution in [0.4, 0.5) is 0 Å². The Morgan fingerprint density at radius 1 is 1.36 bits per heavy atom. The van der Waals surface area contributed by atoms with E-state index in [4.69, 9.17) is 9.26 Å². The summed E-state index contributed by atoms with van der Waals surface area (Å²) < 4.78 is 10.9. The van der Waals surface area contributed by atoms with Crippen molar-refractivity contribution in [2.75, 3.05) is 19.8 Å². The van der Waals surface area contributed by atoms with Gasteiger partial charge in [0.2, 0.25) is 0 Å². The van der Waals surface area contributed by atoms with Crippen molar-refractivity contribution in [2.45, 2.75) is 31.7 Å². The molecule has 2 aromatic heterocycles. The van der Waals surface area contributed by atoms with Gasteiger partial charge in [-0.3, -0.25) is 9.89 Å². The van der Waals surface area contributed by atoms with E-state index in [1.165, 1.54) is 0 Å². The van der Waals surface area contributed by atoms with E-state index < -0.39 is 0 Å². The van der Waals surface area contributed by atoms with E-state index >= 15 is 0 Å². The number of nitrogens with zero attached hydrogens (tertiary/aromatic N) is 3. The number of H-pyrrole nitrogens is 1. The lowest BCUT2D eigenvalue weighted by molar-refractivity contribution is -0.00446. The van der Waals surface area contributed by atoms with Gasteiger partial charge in [-0.2, -0.15) is 5.10 Å². The number of hydrogen-bond acceptors (Lipinski definition) is 5. The van der Waals surface area contributed by atoms with Crippen LogP contribution in [0.1, 0.15) is 46.4 Å². The highest BCUT2D eigenvalue weighted by Gasteiger charge is 2.34. The molecule has 1 atom stereocenters. The fraction of sp³-hybridized carbons (Fsp3) is 0.533. The first kappa shape index (κ1) is 13.5. The number of fused-ring (bicyclic) bond motifs is 1. The highest BCUT2D eigenvalue weighted by Crippen LogP contribution is 2.29. The SMILES string of the molecule is O=C(c1noc2c1CCCC2)N1CCOCC1c1ccn[nH]1. The summed E-state index contributed by atoms with van der Waals surface area (Å²) in [6.45, 7) is 1.55. The Kier molecular flexibility index (Phi) is 3.42. The van der Waals surface area contributed by atoms with Gasteiger partial charge in [-0.25, -0.2) is 0 Å². The molecule has 2 aliphatic rings. The summed E-state index contributed by atoms with van der Waals surface area (Å²) in [5.74, 6) is 0.802. The molecule has 1 saturated heterocycles. The van der Waals surface area contributed by atoms with Crippen LogP contribution in [0.5, 0.6) is 0 Å². The predicted octanol–water partition coefficient (Wildman–Crippen LogP) is 1.49. The highest BCUT2D eigenvalue weighted by molar-refractivity contribution is 5.94. The Balaban J connectivity index is 1.64. The van der Waals surface area contributed by atoms with Crippen molar-refractivity contribution in [2.24, 2.45) is 0 Å². The molecule has 7 nitrogen and oxygen atoms in total. The largest absolute Gasteiger partial charge is 0.377 e. The first-order valence-electron chi connectivity index (χ1n) is 7.70. The second-order valence-electron chi connectivity index (χ2n) is 5.74. The van der Waals surface area contributed by atoms with Gasteiger partial charge in [0.25, 0.3) is 5.91 Å². The summed E-state index contributed by atoms with van der Waals surface area (Å²) in [4.78, 5) is 14.8. The normalized spacial score (nSPS) is 21.6. The predicted molar refractivity (Wildman–Crippen MR) is 76.3 cm³/mol. The third-order valence-corrected chi connectivity index (χ3v) is 4.42. The quantitative estimate of drug-likeness (QED) is 0.908. The minimum absolute atomic E-state index is 0.0743. The summed E-state index contributed by atoms with van der Waals surface area (Å²) in [6.07, 6.45) is 5.62. The lowest BCUT2D eigenvalue weighted by atomic mass is 9.96. The molecule has 0 aromatic carbocycles. The van der Waals surface area contributed by atoms with Crippen LogP contribution in [0.3, 0.4) is 0 Å².